The van der Waals surface area contributed by atoms with Crippen LogP contribution in [0.3, 0.4) is 0 Å². The van der Waals surface area contributed by atoms with Crippen LogP contribution in [0.4, 0.5) is 30.8 Å². The molecule has 4 heterocycles. The van der Waals surface area contributed by atoms with Crippen LogP contribution in [0.1, 0.15) is 19.0 Å². The molecule has 1 aliphatic heterocycles. The summed E-state index contributed by atoms with van der Waals surface area (Å²) in [7, 11) is 0. The Morgan fingerprint density at radius 3 is 2.82 bits per heavy atom. The maximum atomic E-state index is 12.4. The summed E-state index contributed by atoms with van der Waals surface area (Å²) in [5.74, 6) is 1.59. The van der Waals surface area contributed by atoms with Crippen LogP contribution in [0, 0.1) is 5.92 Å². The number of rotatable bonds is 9. The van der Waals surface area contributed by atoms with Crippen LogP contribution < -0.4 is 10.2 Å². The van der Waals surface area contributed by atoms with Gasteiger partial charge in [-0.3, -0.25) is 4.68 Å². The number of alkyl halides is 3. The molecule has 3 aromatic heterocycles. The fourth-order valence-corrected chi connectivity index (χ4v) is 3.75. The highest BCUT2D eigenvalue weighted by molar-refractivity contribution is 5.90. The van der Waals surface area contributed by atoms with E-state index in [2.05, 4.69) is 20.4 Å². The number of hydrogen-bond acceptors (Lipinski definition) is 9. The van der Waals surface area contributed by atoms with Crippen LogP contribution in [-0.4, -0.2) is 73.9 Å². The first-order valence-electron chi connectivity index (χ1n) is 10.7. The van der Waals surface area contributed by atoms with Gasteiger partial charge in [0, 0.05) is 31.8 Å². The molecule has 0 aliphatic carbocycles. The Balaban J connectivity index is 1.71. The lowest BCUT2D eigenvalue weighted by Gasteiger charge is -2.18. The summed E-state index contributed by atoms with van der Waals surface area (Å²) in [6.45, 7) is 1.99. The molecule has 2 N–H and O–H groups in total. The van der Waals surface area contributed by atoms with Crippen molar-refractivity contribution in [1.82, 2.24) is 29.7 Å². The third kappa shape index (κ3) is 5.47. The van der Waals surface area contributed by atoms with E-state index in [4.69, 9.17) is 14.7 Å². The molecule has 178 valence electrons. The number of nitrogens with zero attached hydrogens (tertiary/aromatic N) is 7. The van der Waals surface area contributed by atoms with E-state index in [1.165, 1.54) is 6.33 Å². The molecule has 0 unspecified atom stereocenters. The molecule has 0 amide bonds. The van der Waals surface area contributed by atoms with Gasteiger partial charge in [0.15, 0.2) is 5.82 Å². The zero-order valence-corrected chi connectivity index (χ0v) is 18.1. The standard InChI is InChI=1S/C20H25F3N8O2/c1-2-14-16-17(31(29-14)7-8-33-11-20(21,22)23)18(26-15-3-5-24-12-25-15)28-19(27-16)30-6-4-13(9-30)10-32/h3,5,12-13,32H,2,4,6-11H2,1H3,(H,24,25,26,27,28)/t13-/m0/s1. The Bertz CT molecular complexity index is 1080. The maximum Gasteiger partial charge on any atom is 0.411 e. The Kier molecular flexibility index (Phi) is 6.88. The zero-order chi connectivity index (χ0) is 23.4. The molecule has 1 aliphatic rings. The van der Waals surface area contributed by atoms with Gasteiger partial charge in [-0.15, -0.1) is 0 Å². The molecule has 1 atom stereocenters. The van der Waals surface area contributed by atoms with Crippen molar-refractivity contribution in [3.63, 3.8) is 0 Å². The lowest BCUT2D eigenvalue weighted by Crippen LogP contribution is -2.23. The van der Waals surface area contributed by atoms with Gasteiger partial charge in [-0.2, -0.15) is 23.3 Å². The first-order valence-corrected chi connectivity index (χ1v) is 10.7. The highest BCUT2D eigenvalue weighted by atomic mass is 19.4. The molecule has 4 rings (SSSR count). The Morgan fingerprint density at radius 1 is 1.30 bits per heavy atom. The number of aryl methyl sites for hydroxylation is 1. The van der Waals surface area contributed by atoms with Gasteiger partial charge in [0.05, 0.1) is 18.8 Å². The lowest BCUT2D eigenvalue weighted by atomic mass is 10.1. The first kappa shape index (κ1) is 23.1. The number of nitrogens with one attached hydrogen (secondary N) is 1. The highest BCUT2D eigenvalue weighted by Gasteiger charge is 2.28. The van der Waals surface area contributed by atoms with E-state index in [9.17, 15) is 18.3 Å². The minimum absolute atomic E-state index is 0.0981. The van der Waals surface area contributed by atoms with Gasteiger partial charge in [0.25, 0.3) is 0 Å². The predicted molar refractivity (Wildman–Crippen MR) is 114 cm³/mol. The summed E-state index contributed by atoms with van der Waals surface area (Å²) in [5.41, 5.74) is 1.87. The monoisotopic (exact) mass is 466 g/mol. The van der Waals surface area contributed by atoms with Gasteiger partial charge >= 0.3 is 6.18 Å². The molecule has 33 heavy (non-hydrogen) atoms. The van der Waals surface area contributed by atoms with Crippen molar-refractivity contribution >= 4 is 28.6 Å². The van der Waals surface area contributed by atoms with E-state index in [1.54, 1.807) is 16.9 Å². The SMILES string of the molecule is CCc1nn(CCOCC(F)(F)F)c2c(Nc3ccncn3)nc(N3CC[C@H](CO)C3)nc12. The van der Waals surface area contributed by atoms with Crippen molar-refractivity contribution in [2.75, 3.05) is 43.1 Å². The fraction of sp³-hybridized carbons (Fsp3) is 0.550. The van der Waals surface area contributed by atoms with Crippen LogP contribution in [0.2, 0.25) is 0 Å². The third-order valence-electron chi connectivity index (χ3n) is 5.35. The molecule has 0 bridgehead atoms. The van der Waals surface area contributed by atoms with Gasteiger partial charge in [0.2, 0.25) is 5.95 Å². The molecule has 10 nitrogen and oxygen atoms in total. The number of anilines is 3. The summed E-state index contributed by atoms with van der Waals surface area (Å²) in [4.78, 5) is 19.5. The summed E-state index contributed by atoms with van der Waals surface area (Å²) in [6.07, 6.45) is 0.00758. The van der Waals surface area contributed by atoms with E-state index in [0.717, 1.165) is 6.42 Å². The quantitative estimate of drug-likeness (QED) is 0.459. The highest BCUT2D eigenvalue weighted by Crippen LogP contribution is 2.30. The molecule has 0 aromatic carbocycles. The molecule has 0 saturated carbocycles. The summed E-state index contributed by atoms with van der Waals surface area (Å²) >= 11 is 0. The van der Waals surface area contributed by atoms with Crippen molar-refractivity contribution in [2.24, 2.45) is 5.92 Å². The van der Waals surface area contributed by atoms with Crippen molar-refractivity contribution in [3.05, 3.63) is 24.3 Å². The second kappa shape index (κ2) is 9.83. The first-order chi connectivity index (χ1) is 15.9. The summed E-state index contributed by atoms with van der Waals surface area (Å²) in [5, 5.41) is 17.2. The van der Waals surface area contributed by atoms with Gasteiger partial charge < -0.3 is 20.1 Å². The number of aliphatic hydroxyl groups excluding tert-OH is 1. The number of fused-ring (bicyclic) bond motifs is 1. The number of hydrogen-bond donors (Lipinski definition) is 2. The Hall–Kier alpha value is -3.06. The number of aromatic nitrogens is 6. The fourth-order valence-electron chi connectivity index (χ4n) is 3.75. The van der Waals surface area contributed by atoms with Crippen LogP contribution in [0.15, 0.2) is 18.6 Å². The smallest absolute Gasteiger partial charge is 0.396 e. The molecule has 1 fully saturated rings. The van der Waals surface area contributed by atoms with E-state index in [0.29, 0.717) is 53.8 Å². The molecule has 1 saturated heterocycles. The van der Waals surface area contributed by atoms with Crippen molar-refractivity contribution in [1.29, 1.82) is 0 Å². The van der Waals surface area contributed by atoms with Gasteiger partial charge in [-0.25, -0.2) is 15.0 Å². The van der Waals surface area contributed by atoms with Crippen LogP contribution in [-0.2, 0) is 17.7 Å². The Morgan fingerprint density at radius 2 is 2.15 bits per heavy atom. The molecular formula is C20H25F3N8O2. The van der Waals surface area contributed by atoms with Crippen LogP contribution in [0.25, 0.3) is 11.0 Å². The van der Waals surface area contributed by atoms with Gasteiger partial charge in [-0.05, 0) is 18.9 Å². The molecule has 0 radical (unpaired) electrons. The van der Waals surface area contributed by atoms with Crippen molar-refractivity contribution in [2.45, 2.75) is 32.5 Å². The molecule has 13 heteroatoms. The average molecular weight is 466 g/mol. The van der Waals surface area contributed by atoms with Crippen LogP contribution in [0.5, 0.6) is 0 Å². The van der Waals surface area contributed by atoms with E-state index in [1.807, 2.05) is 11.8 Å². The second-order valence-corrected chi connectivity index (χ2v) is 7.76. The average Bonchev–Trinajstić information content (AvgIpc) is 3.41. The topological polar surface area (TPSA) is 114 Å². The third-order valence-corrected chi connectivity index (χ3v) is 5.35. The van der Waals surface area contributed by atoms with E-state index < -0.39 is 12.8 Å². The largest absolute Gasteiger partial charge is 0.411 e. The van der Waals surface area contributed by atoms with Gasteiger partial charge in [0.1, 0.15) is 29.8 Å². The van der Waals surface area contributed by atoms with Crippen LogP contribution >= 0.6 is 0 Å². The maximum absolute atomic E-state index is 12.4. The van der Waals surface area contributed by atoms with E-state index >= 15 is 0 Å². The lowest BCUT2D eigenvalue weighted by molar-refractivity contribution is -0.174. The van der Waals surface area contributed by atoms with Gasteiger partial charge in [-0.1, -0.05) is 6.92 Å². The molecule has 3 aromatic rings. The minimum Gasteiger partial charge on any atom is -0.396 e. The predicted octanol–water partition coefficient (Wildman–Crippen LogP) is 2.32. The van der Waals surface area contributed by atoms with E-state index in [-0.39, 0.29) is 25.7 Å². The molecule has 0 spiro atoms. The van der Waals surface area contributed by atoms with Crippen molar-refractivity contribution < 1.29 is 23.0 Å². The normalized spacial score (nSPS) is 16.6. The zero-order valence-electron chi connectivity index (χ0n) is 18.1. The van der Waals surface area contributed by atoms with Crippen molar-refractivity contribution in [3.8, 4) is 0 Å². The number of ether oxygens (including phenoxy) is 1. The molecular weight excluding hydrogens is 441 g/mol. The number of halogens is 3. The summed E-state index contributed by atoms with van der Waals surface area (Å²) < 4.78 is 43.7. The minimum atomic E-state index is -4.39. The Labute approximate surface area is 187 Å². The second-order valence-electron chi connectivity index (χ2n) is 7.76. The summed E-state index contributed by atoms with van der Waals surface area (Å²) in [6, 6.07) is 1.68. The number of aliphatic hydroxyl groups is 1.